The van der Waals surface area contributed by atoms with Gasteiger partial charge < -0.3 is 18.6 Å². The van der Waals surface area contributed by atoms with Crippen LogP contribution in [-0.4, -0.2) is 46.5 Å². The van der Waals surface area contributed by atoms with E-state index in [1.54, 1.807) is 6.92 Å². The van der Waals surface area contributed by atoms with E-state index in [2.05, 4.69) is 54.6 Å². The molecule has 0 amide bonds. The number of rotatable bonds is 6. The summed E-state index contributed by atoms with van der Waals surface area (Å²) in [6, 6.07) is 0. The summed E-state index contributed by atoms with van der Waals surface area (Å²) < 4.78 is 25.4. The lowest BCUT2D eigenvalue weighted by Crippen LogP contribution is -2.56. The van der Waals surface area contributed by atoms with Crippen LogP contribution in [0.25, 0.3) is 0 Å². The molecule has 0 aromatic heterocycles. The van der Waals surface area contributed by atoms with Crippen molar-refractivity contribution in [1.29, 1.82) is 0 Å². The molecule has 0 aromatic rings. The van der Waals surface area contributed by atoms with Crippen molar-refractivity contribution in [3.63, 3.8) is 0 Å². The van der Waals surface area contributed by atoms with Crippen LogP contribution < -0.4 is 0 Å². The molecule has 208 valence electrons. The number of hydrogen-bond acceptors (Lipinski definition) is 5. The molecular weight excluding hydrogens is 468 g/mol. The van der Waals surface area contributed by atoms with Gasteiger partial charge in [0.2, 0.25) is 0 Å². The minimum Gasteiger partial charge on any atom is -0.466 e. The van der Waals surface area contributed by atoms with Crippen LogP contribution in [0.4, 0.5) is 0 Å². The molecule has 0 unspecified atom stereocenters. The zero-order valence-electron chi connectivity index (χ0n) is 24.7. The number of carbonyl (C=O) groups excluding carboxylic acids is 1. The maximum Gasteiger partial charge on any atom is 0.302 e. The zero-order valence-corrected chi connectivity index (χ0v) is 25.7. The van der Waals surface area contributed by atoms with Crippen LogP contribution in [-0.2, 0) is 23.4 Å². The summed E-state index contributed by atoms with van der Waals surface area (Å²) in [6.45, 7) is 23.5. The predicted molar refractivity (Wildman–Crippen MR) is 146 cm³/mol. The van der Waals surface area contributed by atoms with Crippen LogP contribution in [0.5, 0.6) is 0 Å². The molecule has 1 heterocycles. The Morgan fingerprint density at radius 3 is 2.22 bits per heavy atom. The highest BCUT2D eigenvalue weighted by Crippen LogP contribution is 2.67. The van der Waals surface area contributed by atoms with Gasteiger partial charge in [0.25, 0.3) is 0 Å². The average molecular weight is 523 g/mol. The van der Waals surface area contributed by atoms with Crippen LogP contribution in [0, 0.1) is 40.4 Å². The Labute approximate surface area is 221 Å². The lowest BCUT2D eigenvalue weighted by molar-refractivity contribution is -0.246. The second-order valence-electron chi connectivity index (χ2n) is 14.8. The molecule has 4 fully saturated rings. The first-order valence-electron chi connectivity index (χ1n) is 14.7. The second-order valence-corrected chi connectivity index (χ2v) is 19.6. The van der Waals surface area contributed by atoms with E-state index in [1.807, 2.05) is 0 Å². The van der Waals surface area contributed by atoms with Crippen LogP contribution in [0.1, 0.15) is 93.4 Å². The molecule has 1 spiro atoms. The van der Waals surface area contributed by atoms with Crippen LogP contribution in [0.3, 0.4) is 0 Å². The van der Waals surface area contributed by atoms with Crippen LogP contribution in [0.2, 0.25) is 18.1 Å². The van der Waals surface area contributed by atoms with Gasteiger partial charge in [0.1, 0.15) is 0 Å². The summed E-state index contributed by atoms with van der Waals surface area (Å²) in [6.07, 6.45) is 8.08. The van der Waals surface area contributed by atoms with E-state index in [0.717, 1.165) is 38.2 Å². The Morgan fingerprint density at radius 2 is 1.61 bits per heavy atom. The lowest BCUT2D eigenvalue weighted by atomic mass is 9.49. The summed E-state index contributed by atoms with van der Waals surface area (Å²) in [5.74, 6) is 1.99. The first-order valence-corrected chi connectivity index (χ1v) is 17.6. The fourth-order valence-electron chi connectivity index (χ4n) is 8.34. The quantitative estimate of drug-likeness (QED) is 0.273. The topological polar surface area (TPSA) is 54.0 Å². The number of fused-ring (bicyclic) bond motifs is 2. The van der Waals surface area contributed by atoms with E-state index in [4.69, 9.17) is 18.6 Å². The lowest BCUT2D eigenvalue weighted by Gasteiger charge is -2.58. The molecule has 4 rings (SSSR count). The van der Waals surface area contributed by atoms with Gasteiger partial charge >= 0.3 is 5.97 Å². The maximum absolute atomic E-state index is 12.0. The summed E-state index contributed by atoms with van der Waals surface area (Å²) in [7, 11) is -1.83. The molecule has 5 nitrogen and oxygen atoms in total. The van der Waals surface area contributed by atoms with Gasteiger partial charge in [-0.25, -0.2) is 0 Å². The van der Waals surface area contributed by atoms with E-state index in [1.165, 1.54) is 19.3 Å². The Morgan fingerprint density at radius 1 is 0.972 bits per heavy atom. The highest BCUT2D eigenvalue weighted by atomic mass is 28.4. The predicted octanol–water partition coefficient (Wildman–Crippen LogP) is 7.20. The van der Waals surface area contributed by atoms with Crippen LogP contribution in [0.15, 0.2) is 0 Å². The largest absolute Gasteiger partial charge is 0.466 e. The van der Waals surface area contributed by atoms with Crippen molar-refractivity contribution in [2.75, 3.05) is 26.4 Å². The second kappa shape index (κ2) is 9.95. The Bertz CT molecular complexity index is 800. The summed E-state index contributed by atoms with van der Waals surface area (Å²) in [4.78, 5) is 12.0. The molecule has 0 bridgehead atoms. The van der Waals surface area contributed by atoms with Gasteiger partial charge in [-0.1, -0.05) is 48.0 Å². The standard InChI is InChI=1S/C30H54O5Si/c1-21-10-13-28(6,23(18-21)19-35-36(8,9)27(3,4)5)25-11-14-29(7)26(24(25)20-32-22(2)31)12-15-30(29)33-16-17-34-30/h21,23-26H,10-20H2,1-9H3/t21-,23+,24+,25-,26-,28-,29-/m0/s1. The average Bonchev–Trinajstić information content (AvgIpc) is 3.38. The molecule has 4 aliphatic rings. The van der Waals surface area contributed by atoms with Crippen molar-refractivity contribution in [2.45, 2.75) is 117 Å². The van der Waals surface area contributed by atoms with Gasteiger partial charge in [0, 0.05) is 25.4 Å². The van der Waals surface area contributed by atoms with Crippen molar-refractivity contribution < 1.29 is 23.4 Å². The van der Waals surface area contributed by atoms with Gasteiger partial charge in [-0.05, 0) is 85.2 Å². The van der Waals surface area contributed by atoms with Gasteiger partial charge in [-0.2, -0.15) is 0 Å². The van der Waals surface area contributed by atoms with Crippen molar-refractivity contribution in [3.05, 3.63) is 0 Å². The number of hydrogen-bond donors (Lipinski definition) is 0. The Kier molecular flexibility index (Phi) is 7.90. The van der Waals surface area contributed by atoms with Crippen molar-refractivity contribution in [1.82, 2.24) is 0 Å². The summed E-state index contributed by atoms with van der Waals surface area (Å²) in [5.41, 5.74) is 0.171. The monoisotopic (exact) mass is 522 g/mol. The van der Waals surface area contributed by atoms with Gasteiger partial charge in [0.05, 0.1) is 19.8 Å². The van der Waals surface area contributed by atoms with E-state index in [0.29, 0.717) is 43.5 Å². The minimum atomic E-state index is -1.83. The van der Waals surface area contributed by atoms with E-state index in [9.17, 15) is 4.79 Å². The molecule has 1 saturated heterocycles. The molecule has 1 aliphatic heterocycles. The Hall–Kier alpha value is -0.433. The number of esters is 1. The maximum atomic E-state index is 12.0. The summed E-state index contributed by atoms with van der Waals surface area (Å²) in [5, 5.41) is 0.216. The van der Waals surface area contributed by atoms with Crippen molar-refractivity contribution >= 4 is 14.3 Å². The Balaban J connectivity index is 1.63. The zero-order chi connectivity index (χ0) is 26.6. The highest BCUT2D eigenvalue weighted by Gasteiger charge is 2.66. The molecule has 0 radical (unpaired) electrons. The van der Waals surface area contributed by atoms with Crippen molar-refractivity contribution in [2.24, 2.45) is 40.4 Å². The van der Waals surface area contributed by atoms with E-state index < -0.39 is 14.1 Å². The summed E-state index contributed by atoms with van der Waals surface area (Å²) >= 11 is 0. The molecule has 0 N–H and O–H groups in total. The SMILES string of the molecule is CC(=O)OC[C@@H]1[C@@H]([C@@]2(C)CC[C@H](C)C[C@@H]2CO[Si](C)(C)C(C)(C)C)CC[C@@]2(C)[C@H]1CCC21OCCO1. The van der Waals surface area contributed by atoms with Crippen LogP contribution >= 0.6 is 0 Å². The van der Waals surface area contributed by atoms with Crippen molar-refractivity contribution in [3.8, 4) is 0 Å². The third-order valence-corrected chi connectivity index (χ3v) is 16.3. The molecule has 3 saturated carbocycles. The van der Waals surface area contributed by atoms with Gasteiger partial charge in [-0.3, -0.25) is 4.79 Å². The fourth-order valence-corrected chi connectivity index (χ4v) is 9.39. The fraction of sp³-hybridized carbons (Fsp3) is 0.967. The van der Waals surface area contributed by atoms with E-state index >= 15 is 0 Å². The minimum absolute atomic E-state index is 0.0176. The molecule has 7 atom stereocenters. The first kappa shape index (κ1) is 28.6. The molecule has 36 heavy (non-hydrogen) atoms. The third kappa shape index (κ3) is 4.86. The first-order chi connectivity index (χ1) is 16.7. The van der Waals surface area contributed by atoms with Gasteiger partial charge in [-0.15, -0.1) is 0 Å². The molecule has 0 aromatic carbocycles. The molecular formula is C30H54O5Si. The van der Waals surface area contributed by atoms with E-state index in [-0.39, 0.29) is 21.8 Å². The van der Waals surface area contributed by atoms with Gasteiger partial charge in [0.15, 0.2) is 14.1 Å². The number of ether oxygens (including phenoxy) is 3. The number of carbonyl (C=O) groups is 1. The third-order valence-electron chi connectivity index (χ3n) is 11.8. The highest BCUT2D eigenvalue weighted by molar-refractivity contribution is 6.74. The molecule has 3 aliphatic carbocycles. The normalized spacial score (nSPS) is 40.9. The smallest absolute Gasteiger partial charge is 0.302 e. The molecule has 6 heteroatoms.